The van der Waals surface area contributed by atoms with Crippen LogP contribution in [0.3, 0.4) is 0 Å². The maximum absolute atomic E-state index is 9.89. The Kier molecular flexibility index (Phi) is 5.70. The molecule has 0 aromatic heterocycles. The van der Waals surface area contributed by atoms with Gasteiger partial charge >= 0.3 is 0 Å². The van der Waals surface area contributed by atoms with Crippen molar-refractivity contribution in [3.05, 3.63) is 28.8 Å². The minimum Gasteiger partial charge on any atom is -0.487 e. The third-order valence-electron chi connectivity index (χ3n) is 3.63. The molecule has 1 aliphatic rings. The predicted octanol–water partition coefficient (Wildman–Crippen LogP) is 3.38. The van der Waals surface area contributed by atoms with Crippen LogP contribution < -0.4 is 10.1 Å². The molecular weight excluding hydrogens is 274 g/mol. The van der Waals surface area contributed by atoms with Crippen molar-refractivity contribution in [1.29, 1.82) is 0 Å². The standard InChI is InChI=1S/C16H24ClNO2/c1-11(2)9-18-10-12-13(17)5-3-7-15(12)20-16-8-4-6-14(16)19/h3,5,7,11,14,16,18-19H,4,6,8-10H2,1-2H3. The van der Waals surface area contributed by atoms with Crippen LogP contribution in [0.5, 0.6) is 5.75 Å². The number of nitrogens with one attached hydrogen (secondary N) is 1. The molecule has 2 unspecified atom stereocenters. The van der Waals surface area contributed by atoms with Gasteiger partial charge < -0.3 is 15.2 Å². The fraction of sp³-hybridized carbons (Fsp3) is 0.625. The molecule has 1 aromatic carbocycles. The summed E-state index contributed by atoms with van der Waals surface area (Å²) in [5, 5.41) is 14.0. The summed E-state index contributed by atoms with van der Waals surface area (Å²) in [4.78, 5) is 0. The molecule has 1 aromatic rings. The Bertz CT molecular complexity index is 436. The summed E-state index contributed by atoms with van der Waals surface area (Å²) >= 11 is 6.28. The van der Waals surface area contributed by atoms with E-state index in [2.05, 4.69) is 19.2 Å². The van der Waals surface area contributed by atoms with Crippen LogP contribution in [0.15, 0.2) is 18.2 Å². The number of ether oxygens (including phenoxy) is 1. The average molecular weight is 298 g/mol. The molecule has 0 heterocycles. The Balaban J connectivity index is 2.05. The average Bonchev–Trinajstić information content (AvgIpc) is 2.78. The van der Waals surface area contributed by atoms with Gasteiger partial charge in [0.05, 0.1) is 6.10 Å². The molecule has 20 heavy (non-hydrogen) atoms. The van der Waals surface area contributed by atoms with Crippen LogP contribution in [-0.2, 0) is 6.54 Å². The van der Waals surface area contributed by atoms with E-state index < -0.39 is 0 Å². The second-order valence-electron chi connectivity index (χ2n) is 5.90. The molecule has 0 aliphatic heterocycles. The van der Waals surface area contributed by atoms with Gasteiger partial charge in [0, 0.05) is 17.1 Å². The Morgan fingerprint density at radius 3 is 2.85 bits per heavy atom. The fourth-order valence-corrected chi connectivity index (χ4v) is 2.75. The van der Waals surface area contributed by atoms with Crippen LogP contribution in [0.4, 0.5) is 0 Å². The third kappa shape index (κ3) is 4.11. The highest BCUT2D eigenvalue weighted by Gasteiger charge is 2.27. The molecule has 1 aliphatic carbocycles. The van der Waals surface area contributed by atoms with Gasteiger partial charge in [0.2, 0.25) is 0 Å². The minimum atomic E-state index is -0.356. The molecule has 0 spiro atoms. The smallest absolute Gasteiger partial charge is 0.125 e. The van der Waals surface area contributed by atoms with Crippen LogP contribution >= 0.6 is 11.6 Å². The summed E-state index contributed by atoms with van der Waals surface area (Å²) in [7, 11) is 0. The van der Waals surface area contributed by atoms with E-state index in [1.54, 1.807) is 0 Å². The lowest BCUT2D eigenvalue weighted by atomic mass is 10.1. The molecule has 0 bridgehead atoms. The van der Waals surface area contributed by atoms with Gasteiger partial charge in [-0.2, -0.15) is 0 Å². The SMILES string of the molecule is CC(C)CNCc1c(Cl)cccc1OC1CCCC1O. The third-order valence-corrected chi connectivity index (χ3v) is 3.98. The molecule has 112 valence electrons. The molecule has 1 fully saturated rings. The highest BCUT2D eigenvalue weighted by Crippen LogP contribution is 2.30. The normalized spacial score (nSPS) is 22.4. The number of halogens is 1. The molecule has 2 atom stereocenters. The lowest BCUT2D eigenvalue weighted by Gasteiger charge is -2.20. The first-order valence-corrected chi connectivity index (χ1v) is 7.78. The van der Waals surface area contributed by atoms with E-state index in [0.29, 0.717) is 17.5 Å². The first-order valence-electron chi connectivity index (χ1n) is 7.40. The van der Waals surface area contributed by atoms with Gasteiger partial charge in [-0.15, -0.1) is 0 Å². The van der Waals surface area contributed by atoms with E-state index in [9.17, 15) is 5.11 Å². The van der Waals surface area contributed by atoms with Crippen LogP contribution in [0, 0.1) is 5.92 Å². The summed E-state index contributed by atoms with van der Waals surface area (Å²) in [6.45, 7) is 5.98. The van der Waals surface area contributed by atoms with Crippen LogP contribution in [0.1, 0.15) is 38.7 Å². The van der Waals surface area contributed by atoms with Crippen molar-refractivity contribution in [1.82, 2.24) is 5.32 Å². The van der Waals surface area contributed by atoms with E-state index in [4.69, 9.17) is 16.3 Å². The van der Waals surface area contributed by atoms with Crippen molar-refractivity contribution in [3.8, 4) is 5.75 Å². The molecule has 1 saturated carbocycles. The Morgan fingerprint density at radius 2 is 2.20 bits per heavy atom. The summed E-state index contributed by atoms with van der Waals surface area (Å²) in [5.41, 5.74) is 0.980. The van der Waals surface area contributed by atoms with Gasteiger partial charge in [-0.3, -0.25) is 0 Å². The Hall–Kier alpha value is -0.770. The van der Waals surface area contributed by atoms with E-state index in [1.807, 2.05) is 18.2 Å². The number of benzene rings is 1. The summed E-state index contributed by atoms with van der Waals surface area (Å²) in [5.74, 6) is 1.39. The second kappa shape index (κ2) is 7.30. The van der Waals surface area contributed by atoms with Crippen molar-refractivity contribution < 1.29 is 9.84 Å². The Labute approximate surface area is 126 Å². The van der Waals surface area contributed by atoms with E-state index >= 15 is 0 Å². The largest absolute Gasteiger partial charge is 0.487 e. The van der Waals surface area contributed by atoms with Gasteiger partial charge in [-0.25, -0.2) is 0 Å². The monoisotopic (exact) mass is 297 g/mol. The highest BCUT2D eigenvalue weighted by atomic mass is 35.5. The minimum absolute atomic E-state index is 0.0997. The lowest BCUT2D eigenvalue weighted by molar-refractivity contribution is 0.0597. The van der Waals surface area contributed by atoms with Gasteiger partial charge in [0.1, 0.15) is 11.9 Å². The zero-order valence-electron chi connectivity index (χ0n) is 12.2. The van der Waals surface area contributed by atoms with E-state index in [0.717, 1.165) is 37.1 Å². The fourth-order valence-electron chi connectivity index (χ4n) is 2.51. The van der Waals surface area contributed by atoms with Crippen molar-refractivity contribution in [2.45, 2.75) is 51.9 Å². The number of aliphatic hydroxyl groups excluding tert-OH is 1. The molecular formula is C16H24ClNO2. The molecule has 2 N–H and O–H groups in total. The van der Waals surface area contributed by atoms with Crippen LogP contribution in [-0.4, -0.2) is 23.9 Å². The Morgan fingerprint density at radius 1 is 1.40 bits per heavy atom. The van der Waals surface area contributed by atoms with Gasteiger partial charge in [0.15, 0.2) is 0 Å². The number of hydrogen-bond donors (Lipinski definition) is 2. The maximum atomic E-state index is 9.89. The first kappa shape index (κ1) is 15.6. The summed E-state index contributed by atoms with van der Waals surface area (Å²) < 4.78 is 5.98. The van der Waals surface area contributed by atoms with Gasteiger partial charge in [-0.1, -0.05) is 31.5 Å². The molecule has 2 rings (SSSR count). The molecule has 3 nitrogen and oxygen atoms in total. The maximum Gasteiger partial charge on any atom is 0.125 e. The number of rotatable bonds is 6. The van der Waals surface area contributed by atoms with Crippen molar-refractivity contribution >= 4 is 11.6 Å². The second-order valence-corrected chi connectivity index (χ2v) is 6.30. The molecule has 0 saturated heterocycles. The van der Waals surface area contributed by atoms with Gasteiger partial charge in [0.25, 0.3) is 0 Å². The quantitative estimate of drug-likeness (QED) is 0.846. The van der Waals surface area contributed by atoms with Crippen molar-refractivity contribution in [3.63, 3.8) is 0 Å². The topological polar surface area (TPSA) is 41.5 Å². The first-order chi connectivity index (χ1) is 9.58. The van der Waals surface area contributed by atoms with E-state index in [-0.39, 0.29) is 12.2 Å². The number of aliphatic hydroxyl groups is 1. The number of hydrogen-bond acceptors (Lipinski definition) is 3. The van der Waals surface area contributed by atoms with Crippen LogP contribution in [0.25, 0.3) is 0 Å². The zero-order valence-corrected chi connectivity index (χ0v) is 13.0. The van der Waals surface area contributed by atoms with Gasteiger partial charge in [-0.05, 0) is 43.9 Å². The summed E-state index contributed by atoms with van der Waals surface area (Å²) in [6.07, 6.45) is 2.30. The summed E-state index contributed by atoms with van der Waals surface area (Å²) in [6, 6.07) is 5.71. The molecule has 0 radical (unpaired) electrons. The molecule has 0 amide bonds. The molecule has 4 heteroatoms. The predicted molar refractivity (Wildman–Crippen MR) is 82.3 cm³/mol. The zero-order chi connectivity index (χ0) is 14.5. The highest BCUT2D eigenvalue weighted by molar-refractivity contribution is 6.31. The lowest BCUT2D eigenvalue weighted by Crippen LogP contribution is -2.27. The van der Waals surface area contributed by atoms with E-state index in [1.165, 1.54) is 0 Å². The van der Waals surface area contributed by atoms with Crippen molar-refractivity contribution in [2.75, 3.05) is 6.54 Å². The van der Waals surface area contributed by atoms with Crippen LogP contribution in [0.2, 0.25) is 5.02 Å². The van der Waals surface area contributed by atoms with Crippen molar-refractivity contribution in [2.24, 2.45) is 5.92 Å².